The minimum atomic E-state index is -0.0571. The molecule has 0 amide bonds. The van der Waals surface area contributed by atoms with Crippen LogP contribution in [0.4, 0.5) is 5.69 Å². The second-order valence-corrected chi connectivity index (χ2v) is 10.6. The summed E-state index contributed by atoms with van der Waals surface area (Å²) in [7, 11) is 0. The van der Waals surface area contributed by atoms with E-state index < -0.39 is 0 Å². The molecular formula is C34H30N2. The van der Waals surface area contributed by atoms with E-state index in [0.29, 0.717) is 0 Å². The average molecular weight is 467 g/mol. The number of fused-ring (bicyclic) bond motifs is 5. The van der Waals surface area contributed by atoms with Gasteiger partial charge in [-0.1, -0.05) is 98.8 Å². The number of allylic oxidation sites excluding steroid dienone is 2. The molecule has 0 saturated heterocycles. The molecule has 5 aromatic rings. The molecule has 2 heterocycles. The largest absolute Gasteiger partial charge is 0.377 e. The molecule has 0 bridgehead atoms. The van der Waals surface area contributed by atoms with Gasteiger partial charge in [-0.15, -0.1) is 0 Å². The molecule has 0 saturated carbocycles. The van der Waals surface area contributed by atoms with Crippen molar-refractivity contribution in [1.82, 2.24) is 4.57 Å². The Morgan fingerprint density at radius 1 is 0.750 bits per heavy atom. The third-order valence-electron chi connectivity index (χ3n) is 8.09. The van der Waals surface area contributed by atoms with Crippen LogP contribution >= 0.6 is 0 Å². The summed E-state index contributed by atoms with van der Waals surface area (Å²) < 4.78 is 2.48. The number of hydrogen-bond donors (Lipinski definition) is 1. The summed E-state index contributed by atoms with van der Waals surface area (Å²) in [6, 6.07) is 33.3. The van der Waals surface area contributed by atoms with Crippen LogP contribution in [0, 0.1) is 0 Å². The van der Waals surface area contributed by atoms with Crippen LogP contribution in [-0.2, 0) is 5.41 Å². The molecule has 2 heteroatoms. The lowest BCUT2D eigenvalue weighted by molar-refractivity contribution is 0.507. The van der Waals surface area contributed by atoms with Crippen LogP contribution in [0.1, 0.15) is 32.3 Å². The molecular weight excluding hydrogens is 436 g/mol. The van der Waals surface area contributed by atoms with Gasteiger partial charge in [0.2, 0.25) is 0 Å². The fourth-order valence-corrected chi connectivity index (χ4v) is 6.36. The molecule has 1 aromatic heterocycles. The minimum absolute atomic E-state index is 0.0571. The van der Waals surface area contributed by atoms with Crippen molar-refractivity contribution in [2.75, 3.05) is 5.32 Å². The van der Waals surface area contributed by atoms with Gasteiger partial charge in [0.05, 0.1) is 17.1 Å². The summed E-state index contributed by atoms with van der Waals surface area (Å²) in [4.78, 5) is 0. The first-order valence-electron chi connectivity index (χ1n) is 13.0. The first kappa shape index (κ1) is 21.3. The summed E-state index contributed by atoms with van der Waals surface area (Å²) in [5, 5.41) is 6.53. The van der Waals surface area contributed by atoms with Gasteiger partial charge in [-0.25, -0.2) is 0 Å². The molecule has 1 unspecified atom stereocenters. The van der Waals surface area contributed by atoms with Crippen molar-refractivity contribution in [3.8, 4) is 16.8 Å². The van der Waals surface area contributed by atoms with Crippen LogP contribution in [0.3, 0.4) is 0 Å². The summed E-state index contributed by atoms with van der Waals surface area (Å²) in [6.45, 7) is 4.81. The molecule has 2 aliphatic rings. The average Bonchev–Trinajstić information content (AvgIpc) is 3.40. The highest BCUT2D eigenvalue weighted by Gasteiger charge is 2.43. The number of para-hydroxylation sites is 1. The number of anilines is 1. The van der Waals surface area contributed by atoms with E-state index in [1.807, 2.05) is 0 Å². The number of benzene rings is 4. The van der Waals surface area contributed by atoms with Gasteiger partial charge in [0.15, 0.2) is 0 Å². The fourth-order valence-electron chi connectivity index (χ4n) is 6.36. The van der Waals surface area contributed by atoms with Crippen LogP contribution in [0.2, 0.25) is 0 Å². The van der Waals surface area contributed by atoms with Gasteiger partial charge in [-0.05, 0) is 53.8 Å². The fraction of sp³-hybridized carbons (Fsp3) is 0.176. The number of rotatable bonds is 3. The van der Waals surface area contributed by atoms with Crippen LogP contribution in [0.25, 0.3) is 38.6 Å². The quantitative estimate of drug-likeness (QED) is 0.281. The first-order valence-corrected chi connectivity index (χ1v) is 13.0. The highest BCUT2D eigenvalue weighted by molar-refractivity contribution is 6.12. The van der Waals surface area contributed by atoms with E-state index in [4.69, 9.17) is 0 Å². The van der Waals surface area contributed by atoms with Crippen LogP contribution in [-0.4, -0.2) is 10.6 Å². The van der Waals surface area contributed by atoms with Crippen LogP contribution in [0.5, 0.6) is 0 Å². The molecule has 176 valence electrons. The highest BCUT2D eigenvalue weighted by atomic mass is 15.0. The van der Waals surface area contributed by atoms with Crippen molar-refractivity contribution >= 4 is 27.5 Å². The van der Waals surface area contributed by atoms with E-state index in [-0.39, 0.29) is 11.5 Å². The molecule has 7 rings (SSSR count). The number of aromatic nitrogens is 1. The van der Waals surface area contributed by atoms with E-state index >= 15 is 0 Å². The van der Waals surface area contributed by atoms with Crippen molar-refractivity contribution < 1.29 is 0 Å². The molecule has 1 aliphatic heterocycles. The van der Waals surface area contributed by atoms with Gasteiger partial charge in [0, 0.05) is 33.1 Å². The molecule has 0 spiro atoms. The zero-order valence-electron chi connectivity index (χ0n) is 20.8. The SMILES string of the molecule is CC1(C)c2c(ccc3c4ccccc4n(-c4ccc(-c5ccccc5)cc4)c23)NC1C1=CCCC=C1. The number of nitrogens with zero attached hydrogens (tertiary/aromatic N) is 1. The normalized spacial score (nSPS) is 18.3. The minimum Gasteiger partial charge on any atom is -0.377 e. The summed E-state index contributed by atoms with van der Waals surface area (Å²) >= 11 is 0. The van der Waals surface area contributed by atoms with Crippen molar-refractivity contribution in [3.63, 3.8) is 0 Å². The summed E-state index contributed by atoms with van der Waals surface area (Å²) in [6.07, 6.45) is 9.32. The standard InChI is InChI=1S/C34H30N2/c1-34(2)31-29(35-33(34)25-13-7-4-8-14-25)22-21-28-27-15-9-10-16-30(27)36(32(28)31)26-19-17-24(18-20-26)23-11-5-3-6-12-23/h3,5-7,9-22,33,35H,4,8H2,1-2H3. The molecule has 4 aromatic carbocycles. The van der Waals surface area contributed by atoms with Crippen LogP contribution < -0.4 is 5.32 Å². The Hall–Kier alpha value is -4.04. The van der Waals surface area contributed by atoms with E-state index in [9.17, 15) is 0 Å². The summed E-state index contributed by atoms with van der Waals surface area (Å²) in [5.74, 6) is 0. The number of nitrogens with one attached hydrogen (secondary N) is 1. The Labute approximate surface area is 212 Å². The molecule has 2 nitrogen and oxygen atoms in total. The van der Waals surface area contributed by atoms with E-state index in [1.54, 1.807) is 0 Å². The molecule has 0 radical (unpaired) electrons. The summed E-state index contributed by atoms with van der Waals surface area (Å²) in [5.41, 5.74) is 10.3. The lowest BCUT2D eigenvalue weighted by Gasteiger charge is -2.30. The highest BCUT2D eigenvalue weighted by Crippen LogP contribution is 2.49. The third-order valence-corrected chi connectivity index (χ3v) is 8.09. The Kier molecular flexibility index (Phi) is 4.72. The van der Waals surface area contributed by atoms with Gasteiger partial charge in [0.25, 0.3) is 0 Å². The maximum Gasteiger partial charge on any atom is 0.0603 e. The maximum absolute atomic E-state index is 3.91. The zero-order chi connectivity index (χ0) is 24.3. The van der Waals surface area contributed by atoms with E-state index in [2.05, 4.69) is 133 Å². The second kappa shape index (κ2) is 7.99. The molecule has 1 aliphatic carbocycles. The van der Waals surface area contributed by atoms with Crippen molar-refractivity contribution in [2.24, 2.45) is 0 Å². The third kappa shape index (κ3) is 3.10. The van der Waals surface area contributed by atoms with Gasteiger partial charge in [-0.3, -0.25) is 0 Å². The molecule has 1 N–H and O–H groups in total. The molecule has 36 heavy (non-hydrogen) atoms. The Morgan fingerprint density at radius 2 is 1.50 bits per heavy atom. The van der Waals surface area contributed by atoms with Gasteiger partial charge >= 0.3 is 0 Å². The second-order valence-electron chi connectivity index (χ2n) is 10.6. The van der Waals surface area contributed by atoms with Crippen LogP contribution in [0.15, 0.2) is 115 Å². The Bertz CT molecular complexity index is 1660. The molecule has 0 fully saturated rings. The topological polar surface area (TPSA) is 17.0 Å². The molecule has 1 atom stereocenters. The van der Waals surface area contributed by atoms with Gasteiger partial charge in [-0.2, -0.15) is 0 Å². The predicted molar refractivity (Wildman–Crippen MR) is 153 cm³/mol. The first-order chi connectivity index (χ1) is 17.6. The maximum atomic E-state index is 3.91. The Morgan fingerprint density at radius 3 is 2.28 bits per heavy atom. The lowest BCUT2D eigenvalue weighted by atomic mass is 9.76. The van der Waals surface area contributed by atoms with Crippen molar-refractivity contribution in [1.29, 1.82) is 0 Å². The smallest absolute Gasteiger partial charge is 0.0603 e. The zero-order valence-corrected chi connectivity index (χ0v) is 20.8. The predicted octanol–water partition coefficient (Wildman–Crippen LogP) is 8.80. The van der Waals surface area contributed by atoms with Crippen molar-refractivity contribution in [3.05, 3.63) is 120 Å². The lowest BCUT2D eigenvalue weighted by Crippen LogP contribution is -2.35. The van der Waals surface area contributed by atoms with Gasteiger partial charge < -0.3 is 9.88 Å². The van der Waals surface area contributed by atoms with E-state index in [0.717, 1.165) is 12.8 Å². The van der Waals surface area contributed by atoms with Gasteiger partial charge in [0.1, 0.15) is 0 Å². The monoisotopic (exact) mass is 466 g/mol. The van der Waals surface area contributed by atoms with Crippen molar-refractivity contribution in [2.45, 2.75) is 38.1 Å². The Balaban J connectivity index is 1.46. The number of hydrogen-bond acceptors (Lipinski definition) is 1. The van der Waals surface area contributed by atoms with E-state index in [1.165, 1.54) is 55.4 Å².